The fourth-order valence-electron chi connectivity index (χ4n) is 3.36. The van der Waals surface area contributed by atoms with Crippen molar-refractivity contribution in [1.82, 2.24) is 15.6 Å². The van der Waals surface area contributed by atoms with Gasteiger partial charge in [-0.15, -0.1) is 0 Å². The van der Waals surface area contributed by atoms with E-state index in [-0.39, 0.29) is 17.7 Å². The van der Waals surface area contributed by atoms with E-state index >= 15 is 0 Å². The first-order valence-electron chi connectivity index (χ1n) is 10.1. The molecule has 1 heterocycles. The topological polar surface area (TPSA) is 71.1 Å². The number of benzene rings is 2. The number of hydrogen-bond acceptors (Lipinski definition) is 3. The molecule has 3 rings (SSSR count). The second kappa shape index (κ2) is 10.3. The first-order valence-corrected chi connectivity index (χ1v) is 10.1. The van der Waals surface area contributed by atoms with Crippen LogP contribution in [0.15, 0.2) is 85.2 Å². The Morgan fingerprint density at radius 1 is 0.833 bits per heavy atom. The Balaban J connectivity index is 1.77. The van der Waals surface area contributed by atoms with Gasteiger partial charge in [-0.2, -0.15) is 0 Å². The van der Waals surface area contributed by atoms with Crippen molar-refractivity contribution < 1.29 is 9.59 Å². The number of hydrogen-bond donors (Lipinski definition) is 2. The van der Waals surface area contributed by atoms with Crippen LogP contribution in [-0.4, -0.2) is 22.8 Å². The summed E-state index contributed by atoms with van der Waals surface area (Å²) >= 11 is 0. The van der Waals surface area contributed by atoms with Gasteiger partial charge in [0.25, 0.3) is 0 Å². The maximum absolute atomic E-state index is 13.3. The van der Waals surface area contributed by atoms with Crippen LogP contribution in [0.25, 0.3) is 0 Å². The van der Waals surface area contributed by atoms with E-state index in [0.29, 0.717) is 6.54 Å². The average Bonchev–Trinajstić information content (AvgIpc) is 2.78. The molecule has 0 saturated heterocycles. The molecule has 0 fully saturated rings. The highest BCUT2D eigenvalue weighted by Gasteiger charge is 2.29. The molecule has 154 valence electrons. The van der Waals surface area contributed by atoms with E-state index < -0.39 is 12.0 Å². The van der Waals surface area contributed by atoms with Crippen molar-refractivity contribution in [2.24, 2.45) is 5.92 Å². The van der Waals surface area contributed by atoms with Gasteiger partial charge >= 0.3 is 0 Å². The Kier molecular flexibility index (Phi) is 7.33. The SMILES string of the molecule is CC(C)[C@H](NC(=O)C(c1ccccc1)c1ccccc1)C(=O)NCc1cccnc1. The normalized spacial score (nSPS) is 11.9. The molecule has 5 heteroatoms. The van der Waals surface area contributed by atoms with E-state index in [4.69, 9.17) is 0 Å². The molecule has 5 nitrogen and oxygen atoms in total. The molecule has 0 bridgehead atoms. The Hall–Kier alpha value is -3.47. The van der Waals surface area contributed by atoms with Crippen molar-refractivity contribution in [1.29, 1.82) is 0 Å². The van der Waals surface area contributed by atoms with E-state index in [9.17, 15) is 9.59 Å². The van der Waals surface area contributed by atoms with Gasteiger partial charge in [-0.25, -0.2) is 0 Å². The van der Waals surface area contributed by atoms with Crippen molar-refractivity contribution in [3.8, 4) is 0 Å². The van der Waals surface area contributed by atoms with Gasteiger partial charge in [0.1, 0.15) is 6.04 Å². The zero-order valence-corrected chi connectivity index (χ0v) is 17.3. The lowest BCUT2D eigenvalue weighted by atomic mass is 9.89. The first-order chi connectivity index (χ1) is 14.6. The minimum absolute atomic E-state index is 0.0601. The number of aromatic nitrogens is 1. The molecule has 0 radical (unpaired) electrons. The molecule has 0 spiro atoms. The summed E-state index contributed by atoms with van der Waals surface area (Å²) in [4.78, 5) is 30.2. The number of rotatable bonds is 8. The maximum atomic E-state index is 13.3. The lowest BCUT2D eigenvalue weighted by molar-refractivity contribution is -0.130. The molecule has 2 amide bonds. The molecule has 1 aromatic heterocycles. The zero-order chi connectivity index (χ0) is 21.3. The Bertz CT molecular complexity index is 904. The molecule has 2 N–H and O–H groups in total. The predicted molar refractivity (Wildman–Crippen MR) is 118 cm³/mol. The number of carbonyl (C=O) groups excluding carboxylic acids is 2. The number of carbonyl (C=O) groups is 2. The van der Waals surface area contributed by atoms with Crippen LogP contribution in [0.1, 0.15) is 36.5 Å². The van der Waals surface area contributed by atoms with Crippen LogP contribution in [0, 0.1) is 5.92 Å². The number of pyridine rings is 1. The molecule has 0 unspecified atom stereocenters. The van der Waals surface area contributed by atoms with Crippen LogP contribution in [0.4, 0.5) is 0 Å². The zero-order valence-electron chi connectivity index (χ0n) is 17.3. The number of amides is 2. The minimum Gasteiger partial charge on any atom is -0.350 e. The lowest BCUT2D eigenvalue weighted by Gasteiger charge is -2.25. The van der Waals surface area contributed by atoms with Gasteiger partial charge in [0.15, 0.2) is 0 Å². The van der Waals surface area contributed by atoms with Gasteiger partial charge in [0.05, 0.1) is 5.92 Å². The molecule has 3 aromatic rings. The smallest absolute Gasteiger partial charge is 0.243 e. The third-order valence-electron chi connectivity index (χ3n) is 4.96. The van der Waals surface area contributed by atoms with Gasteiger partial charge in [-0.3, -0.25) is 14.6 Å². The monoisotopic (exact) mass is 401 g/mol. The molecular weight excluding hydrogens is 374 g/mol. The van der Waals surface area contributed by atoms with Gasteiger partial charge < -0.3 is 10.6 Å². The Morgan fingerprint density at radius 3 is 1.93 bits per heavy atom. The Labute approximate surface area is 177 Å². The van der Waals surface area contributed by atoms with Crippen molar-refractivity contribution >= 4 is 11.8 Å². The molecule has 30 heavy (non-hydrogen) atoms. The number of nitrogens with one attached hydrogen (secondary N) is 2. The minimum atomic E-state index is -0.635. The summed E-state index contributed by atoms with van der Waals surface area (Å²) in [6.07, 6.45) is 3.40. The van der Waals surface area contributed by atoms with Crippen molar-refractivity contribution in [2.45, 2.75) is 32.4 Å². The summed E-state index contributed by atoms with van der Waals surface area (Å²) in [6.45, 7) is 4.22. The van der Waals surface area contributed by atoms with E-state index in [1.807, 2.05) is 86.6 Å². The fourth-order valence-corrected chi connectivity index (χ4v) is 3.36. The van der Waals surface area contributed by atoms with Crippen LogP contribution >= 0.6 is 0 Å². The summed E-state index contributed by atoms with van der Waals surface area (Å²) < 4.78 is 0. The lowest BCUT2D eigenvalue weighted by Crippen LogP contribution is -2.50. The maximum Gasteiger partial charge on any atom is 0.243 e. The summed E-state index contributed by atoms with van der Waals surface area (Å²) in [5.74, 6) is -0.945. The van der Waals surface area contributed by atoms with E-state index in [0.717, 1.165) is 16.7 Å². The molecule has 0 saturated carbocycles. The van der Waals surface area contributed by atoms with Crippen LogP contribution < -0.4 is 10.6 Å². The fraction of sp³-hybridized carbons (Fsp3) is 0.240. The summed E-state index contributed by atoms with van der Waals surface area (Å²) in [5.41, 5.74) is 2.69. The van der Waals surface area contributed by atoms with E-state index in [2.05, 4.69) is 15.6 Å². The highest BCUT2D eigenvalue weighted by atomic mass is 16.2. The molecule has 1 atom stereocenters. The van der Waals surface area contributed by atoms with Crippen LogP contribution in [-0.2, 0) is 16.1 Å². The third kappa shape index (κ3) is 5.54. The summed E-state index contributed by atoms with van der Waals surface area (Å²) in [5, 5.41) is 5.89. The molecule has 0 aliphatic rings. The van der Waals surface area contributed by atoms with E-state index in [1.54, 1.807) is 12.4 Å². The highest BCUT2D eigenvalue weighted by Crippen LogP contribution is 2.25. The second-order valence-electron chi connectivity index (χ2n) is 7.56. The van der Waals surface area contributed by atoms with E-state index in [1.165, 1.54) is 0 Å². The first kappa shape index (κ1) is 21.2. The largest absolute Gasteiger partial charge is 0.350 e. The van der Waals surface area contributed by atoms with Crippen molar-refractivity contribution in [3.05, 3.63) is 102 Å². The summed E-state index contributed by atoms with van der Waals surface area (Å²) in [6, 6.07) is 22.3. The Morgan fingerprint density at radius 2 is 1.43 bits per heavy atom. The third-order valence-corrected chi connectivity index (χ3v) is 4.96. The molecule has 2 aromatic carbocycles. The standard InChI is InChI=1S/C25H27N3O2/c1-18(2)23(25(30)27-17-19-10-9-15-26-16-19)28-24(29)22(20-11-5-3-6-12-20)21-13-7-4-8-14-21/h3-16,18,22-23H,17H2,1-2H3,(H,27,30)(H,28,29)/t23-/m0/s1. The van der Waals surface area contributed by atoms with Gasteiger partial charge in [-0.1, -0.05) is 80.6 Å². The van der Waals surface area contributed by atoms with Crippen LogP contribution in [0.2, 0.25) is 0 Å². The van der Waals surface area contributed by atoms with Gasteiger partial charge in [-0.05, 0) is 28.7 Å². The quantitative estimate of drug-likeness (QED) is 0.605. The molecule has 0 aliphatic carbocycles. The molecular formula is C25H27N3O2. The average molecular weight is 402 g/mol. The predicted octanol–water partition coefficient (Wildman–Crippen LogP) is 3.67. The second-order valence-corrected chi connectivity index (χ2v) is 7.56. The van der Waals surface area contributed by atoms with Crippen molar-refractivity contribution in [2.75, 3.05) is 0 Å². The number of nitrogens with zero attached hydrogens (tertiary/aromatic N) is 1. The van der Waals surface area contributed by atoms with Crippen LogP contribution in [0.5, 0.6) is 0 Å². The highest BCUT2D eigenvalue weighted by molar-refractivity contribution is 5.92. The van der Waals surface area contributed by atoms with Gasteiger partial charge in [0.2, 0.25) is 11.8 Å². The summed E-state index contributed by atoms with van der Waals surface area (Å²) in [7, 11) is 0. The molecule has 0 aliphatic heterocycles. The van der Waals surface area contributed by atoms with Crippen molar-refractivity contribution in [3.63, 3.8) is 0 Å². The van der Waals surface area contributed by atoms with Gasteiger partial charge in [0, 0.05) is 18.9 Å². The van der Waals surface area contributed by atoms with Crippen LogP contribution in [0.3, 0.4) is 0 Å².